The maximum Gasteiger partial charge on any atom is 0.255 e. The molecule has 1 aliphatic rings. The van der Waals surface area contributed by atoms with Crippen molar-refractivity contribution in [1.29, 1.82) is 0 Å². The Morgan fingerprint density at radius 3 is 2.42 bits per heavy atom. The Morgan fingerprint density at radius 2 is 1.73 bits per heavy atom. The van der Waals surface area contributed by atoms with E-state index >= 15 is 0 Å². The van der Waals surface area contributed by atoms with Gasteiger partial charge in [-0.2, -0.15) is 5.10 Å². The Morgan fingerprint density at radius 1 is 1.03 bits per heavy atom. The van der Waals surface area contributed by atoms with Crippen LogP contribution in [0.25, 0.3) is 11.3 Å². The lowest BCUT2D eigenvalue weighted by Gasteiger charge is -2.23. The molecule has 1 unspecified atom stereocenters. The number of likely N-dealkylation sites (N-methyl/N-ethyl adjacent to an activating group) is 1. The molecule has 1 saturated heterocycles. The molecular formula is C25H27N5O3. The fraction of sp³-hybridized carbons (Fsp3) is 0.280. The van der Waals surface area contributed by atoms with Crippen molar-refractivity contribution in [2.75, 3.05) is 20.1 Å². The number of carbonyl (C=O) groups excluding carboxylic acids is 3. The minimum Gasteiger partial charge on any atom is -0.357 e. The van der Waals surface area contributed by atoms with E-state index in [9.17, 15) is 14.4 Å². The first kappa shape index (κ1) is 22.3. The molecule has 1 atom stereocenters. The van der Waals surface area contributed by atoms with Gasteiger partial charge in [0.25, 0.3) is 5.91 Å². The number of carbonyl (C=O) groups is 3. The highest BCUT2D eigenvalue weighted by molar-refractivity contribution is 6.01. The van der Waals surface area contributed by atoms with Crippen molar-refractivity contribution in [2.24, 2.45) is 0 Å². The summed E-state index contributed by atoms with van der Waals surface area (Å²) in [5, 5.41) is 9.98. The lowest BCUT2D eigenvalue weighted by Crippen LogP contribution is -2.48. The molecule has 4 rings (SSSR count). The number of hydrogen-bond donors (Lipinski definition) is 2. The van der Waals surface area contributed by atoms with Crippen LogP contribution in [0, 0.1) is 0 Å². The molecule has 2 N–H and O–H groups in total. The SMILES string of the molecule is CNC(=O)C1CCCN1C(=O)CNC(=O)c1cn(Cc2ccccc2)nc1-c1ccccc1. The van der Waals surface area contributed by atoms with E-state index in [0.717, 1.165) is 17.5 Å². The van der Waals surface area contributed by atoms with Crippen LogP contribution in [0.4, 0.5) is 0 Å². The molecule has 3 aromatic rings. The molecule has 0 saturated carbocycles. The normalized spacial score (nSPS) is 15.3. The molecule has 8 nitrogen and oxygen atoms in total. The topological polar surface area (TPSA) is 96.3 Å². The Kier molecular flexibility index (Phi) is 6.83. The molecule has 0 bridgehead atoms. The summed E-state index contributed by atoms with van der Waals surface area (Å²) in [6.07, 6.45) is 3.10. The summed E-state index contributed by atoms with van der Waals surface area (Å²) in [6.45, 7) is 0.857. The summed E-state index contributed by atoms with van der Waals surface area (Å²) in [5.41, 5.74) is 2.84. The number of amides is 3. The molecule has 2 aromatic carbocycles. The van der Waals surface area contributed by atoms with Gasteiger partial charge >= 0.3 is 0 Å². The predicted molar refractivity (Wildman–Crippen MR) is 124 cm³/mol. The number of hydrogen-bond acceptors (Lipinski definition) is 4. The quantitative estimate of drug-likeness (QED) is 0.582. The van der Waals surface area contributed by atoms with Crippen LogP contribution in [0.2, 0.25) is 0 Å². The monoisotopic (exact) mass is 445 g/mol. The fourth-order valence-electron chi connectivity index (χ4n) is 4.11. The summed E-state index contributed by atoms with van der Waals surface area (Å²) in [6, 6.07) is 18.9. The van der Waals surface area contributed by atoms with Gasteiger partial charge in [0.2, 0.25) is 11.8 Å². The van der Waals surface area contributed by atoms with Gasteiger partial charge in [-0.3, -0.25) is 19.1 Å². The summed E-state index contributed by atoms with van der Waals surface area (Å²) in [4.78, 5) is 39.4. The van der Waals surface area contributed by atoms with Crippen LogP contribution >= 0.6 is 0 Å². The molecule has 1 aromatic heterocycles. The summed E-state index contributed by atoms with van der Waals surface area (Å²) in [5.74, 6) is -0.828. The van der Waals surface area contributed by atoms with Crippen molar-refractivity contribution in [3.8, 4) is 11.3 Å². The zero-order chi connectivity index (χ0) is 23.2. The Hall–Kier alpha value is -3.94. The van der Waals surface area contributed by atoms with Gasteiger partial charge in [0.1, 0.15) is 11.7 Å². The molecule has 170 valence electrons. The van der Waals surface area contributed by atoms with Crippen LogP contribution in [0.3, 0.4) is 0 Å². The van der Waals surface area contributed by atoms with Crippen molar-refractivity contribution < 1.29 is 14.4 Å². The van der Waals surface area contributed by atoms with E-state index in [1.54, 1.807) is 17.9 Å². The summed E-state index contributed by atoms with van der Waals surface area (Å²) in [7, 11) is 1.56. The van der Waals surface area contributed by atoms with Gasteiger partial charge in [-0.05, 0) is 18.4 Å². The maximum atomic E-state index is 13.1. The number of benzene rings is 2. The lowest BCUT2D eigenvalue weighted by molar-refractivity contribution is -0.137. The minimum absolute atomic E-state index is 0.176. The fourth-order valence-corrected chi connectivity index (χ4v) is 4.11. The first-order chi connectivity index (χ1) is 16.1. The van der Waals surface area contributed by atoms with E-state index in [-0.39, 0.29) is 24.3 Å². The van der Waals surface area contributed by atoms with E-state index in [1.807, 2.05) is 60.7 Å². The highest BCUT2D eigenvalue weighted by atomic mass is 16.2. The van der Waals surface area contributed by atoms with Crippen molar-refractivity contribution >= 4 is 17.7 Å². The van der Waals surface area contributed by atoms with Gasteiger partial charge in [0, 0.05) is 25.4 Å². The highest BCUT2D eigenvalue weighted by Crippen LogP contribution is 2.23. The highest BCUT2D eigenvalue weighted by Gasteiger charge is 2.33. The van der Waals surface area contributed by atoms with Crippen LogP contribution in [0.1, 0.15) is 28.8 Å². The second-order valence-electron chi connectivity index (χ2n) is 7.98. The Labute approximate surface area is 192 Å². The van der Waals surface area contributed by atoms with Crippen LogP contribution in [0.15, 0.2) is 66.9 Å². The minimum atomic E-state index is -0.479. The third kappa shape index (κ3) is 5.11. The van der Waals surface area contributed by atoms with Gasteiger partial charge in [-0.1, -0.05) is 60.7 Å². The van der Waals surface area contributed by atoms with Gasteiger partial charge in [-0.25, -0.2) is 0 Å². The van der Waals surface area contributed by atoms with Crippen LogP contribution in [-0.2, 0) is 16.1 Å². The molecule has 33 heavy (non-hydrogen) atoms. The molecule has 2 heterocycles. The van der Waals surface area contributed by atoms with E-state index < -0.39 is 6.04 Å². The number of nitrogens with one attached hydrogen (secondary N) is 2. The van der Waals surface area contributed by atoms with Gasteiger partial charge < -0.3 is 15.5 Å². The Balaban J connectivity index is 1.51. The second kappa shape index (κ2) is 10.1. The van der Waals surface area contributed by atoms with Crippen molar-refractivity contribution in [2.45, 2.75) is 25.4 Å². The van der Waals surface area contributed by atoms with E-state index in [2.05, 4.69) is 15.7 Å². The first-order valence-electron chi connectivity index (χ1n) is 11.0. The zero-order valence-corrected chi connectivity index (χ0v) is 18.5. The number of nitrogens with zero attached hydrogens (tertiary/aromatic N) is 3. The maximum absolute atomic E-state index is 13.1. The van der Waals surface area contributed by atoms with Crippen LogP contribution < -0.4 is 10.6 Å². The lowest BCUT2D eigenvalue weighted by atomic mass is 10.1. The van der Waals surface area contributed by atoms with Crippen molar-refractivity contribution in [3.63, 3.8) is 0 Å². The number of likely N-dealkylation sites (tertiary alicyclic amines) is 1. The molecule has 1 aliphatic heterocycles. The van der Waals surface area contributed by atoms with E-state index in [4.69, 9.17) is 0 Å². The van der Waals surface area contributed by atoms with Crippen LogP contribution in [0.5, 0.6) is 0 Å². The smallest absolute Gasteiger partial charge is 0.255 e. The third-order valence-corrected chi connectivity index (χ3v) is 5.76. The van der Waals surface area contributed by atoms with Gasteiger partial charge in [0.05, 0.1) is 18.7 Å². The standard InChI is InChI=1S/C25H27N5O3/c1-26-25(33)21-13-8-14-30(21)22(31)15-27-24(32)20-17-29(16-18-9-4-2-5-10-18)28-23(20)19-11-6-3-7-12-19/h2-7,9-12,17,21H,8,13-16H2,1H3,(H,26,33)(H,27,32). The first-order valence-corrected chi connectivity index (χ1v) is 11.0. The summed E-state index contributed by atoms with van der Waals surface area (Å²) >= 11 is 0. The molecule has 0 radical (unpaired) electrons. The second-order valence-corrected chi connectivity index (χ2v) is 7.98. The van der Waals surface area contributed by atoms with Crippen molar-refractivity contribution in [1.82, 2.24) is 25.3 Å². The molecule has 3 amide bonds. The number of rotatable bonds is 7. The third-order valence-electron chi connectivity index (χ3n) is 5.76. The van der Waals surface area contributed by atoms with Gasteiger partial charge in [0.15, 0.2) is 0 Å². The van der Waals surface area contributed by atoms with Gasteiger partial charge in [-0.15, -0.1) is 0 Å². The summed E-state index contributed by atoms with van der Waals surface area (Å²) < 4.78 is 1.73. The molecule has 0 spiro atoms. The largest absolute Gasteiger partial charge is 0.357 e. The zero-order valence-electron chi connectivity index (χ0n) is 18.5. The van der Waals surface area contributed by atoms with E-state index in [1.165, 1.54) is 4.90 Å². The predicted octanol–water partition coefficient (Wildman–Crippen LogP) is 2.07. The van der Waals surface area contributed by atoms with Crippen molar-refractivity contribution in [3.05, 3.63) is 78.0 Å². The molecule has 8 heteroatoms. The molecule has 0 aliphatic carbocycles. The Bertz CT molecular complexity index is 1130. The number of aromatic nitrogens is 2. The average Bonchev–Trinajstić information content (AvgIpc) is 3.51. The van der Waals surface area contributed by atoms with E-state index in [0.29, 0.717) is 30.8 Å². The molecule has 1 fully saturated rings. The average molecular weight is 446 g/mol. The molecular weight excluding hydrogens is 418 g/mol. The van der Waals surface area contributed by atoms with Crippen LogP contribution in [-0.4, -0.2) is 58.6 Å².